The summed E-state index contributed by atoms with van der Waals surface area (Å²) in [6.07, 6.45) is 2.75. The Hall–Kier alpha value is -1.10. The van der Waals surface area contributed by atoms with E-state index in [0.717, 1.165) is 19.3 Å². The fraction of sp³-hybridized carbons (Fsp3) is 0.818. The number of carboxylic acids is 1. The lowest BCUT2D eigenvalue weighted by molar-refractivity contribution is -0.144. The highest BCUT2D eigenvalue weighted by Crippen LogP contribution is 2.23. The van der Waals surface area contributed by atoms with E-state index in [-0.39, 0.29) is 24.4 Å². The quantitative estimate of drug-likeness (QED) is 0.740. The molecule has 1 heterocycles. The van der Waals surface area contributed by atoms with Gasteiger partial charge in [-0.25, -0.2) is 0 Å². The molecule has 5 nitrogen and oxygen atoms in total. The van der Waals surface area contributed by atoms with Gasteiger partial charge in [0.15, 0.2) is 0 Å². The second-order valence-corrected chi connectivity index (χ2v) is 4.58. The van der Waals surface area contributed by atoms with Crippen molar-refractivity contribution in [3.63, 3.8) is 0 Å². The van der Waals surface area contributed by atoms with Crippen molar-refractivity contribution < 1.29 is 14.7 Å². The smallest absolute Gasteiger partial charge is 0.305 e. The summed E-state index contributed by atoms with van der Waals surface area (Å²) in [4.78, 5) is 24.2. The summed E-state index contributed by atoms with van der Waals surface area (Å²) in [5.41, 5.74) is 5.60. The van der Waals surface area contributed by atoms with E-state index in [1.54, 1.807) is 4.90 Å². The summed E-state index contributed by atoms with van der Waals surface area (Å²) in [5.74, 6) is -1.26. The van der Waals surface area contributed by atoms with Crippen LogP contribution in [0.2, 0.25) is 0 Å². The molecule has 5 heteroatoms. The molecule has 1 saturated heterocycles. The lowest BCUT2D eigenvalue weighted by atomic mass is 9.96. The number of amides is 1. The van der Waals surface area contributed by atoms with E-state index in [0.29, 0.717) is 0 Å². The minimum atomic E-state index is -1.03. The van der Waals surface area contributed by atoms with Crippen LogP contribution in [0.3, 0.4) is 0 Å². The number of nitrogens with two attached hydrogens (primary N) is 1. The number of nitrogens with zero attached hydrogens (tertiary/aromatic N) is 1. The Labute approximate surface area is 95.6 Å². The first-order valence-corrected chi connectivity index (χ1v) is 5.73. The first kappa shape index (κ1) is 13.0. The predicted molar refractivity (Wildman–Crippen MR) is 59.8 cm³/mol. The third-order valence-corrected chi connectivity index (χ3v) is 3.16. The van der Waals surface area contributed by atoms with E-state index in [2.05, 4.69) is 0 Å². The van der Waals surface area contributed by atoms with E-state index < -0.39 is 12.0 Å². The lowest BCUT2D eigenvalue weighted by Gasteiger charge is -2.40. The summed E-state index contributed by atoms with van der Waals surface area (Å²) < 4.78 is 0. The Bertz CT molecular complexity index is 270. The monoisotopic (exact) mass is 228 g/mol. The maximum Gasteiger partial charge on any atom is 0.305 e. The van der Waals surface area contributed by atoms with Crippen molar-refractivity contribution >= 4 is 11.9 Å². The van der Waals surface area contributed by atoms with Crippen molar-refractivity contribution in [3.8, 4) is 0 Å². The molecule has 0 saturated carbocycles. The first-order chi connectivity index (χ1) is 7.43. The fourth-order valence-electron chi connectivity index (χ4n) is 2.32. The van der Waals surface area contributed by atoms with Gasteiger partial charge in [-0.15, -0.1) is 0 Å². The van der Waals surface area contributed by atoms with Crippen LogP contribution in [0.5, 0.6) is 0 Å². The highest BCUT2D eigenvalue weighted by molar-refractivity contribution is 5.86. The van der Waals surface area contributed by atoms with Gasteiger partial charge in [0.25, 0.3) is 0 Å². The average molecular weight is 228 g/mol. The maximum absolute atomic E-state index is 12.0. The third-order valence-electron chi connectivity index (χ3n) is 3.16. The van der Waals surface area contributed by atoms with Gasteiger partial charge in [0, 0.05) is 12.1 Å². The van der Waals surface area contributed by atoms with Crippen molar-refractivity contribution in [1.29, 1.82) is 0 Å². The number of carbonyl (C=O) groups excluding carboxylic acids is 1. The van der Waals surface area contributed by atoms with Crippen molar-refractivity contribution in [2.75, 3.05) is 0 Å². The molecule has 1 aliphatic heterocycles. The number of aliphatic carboxylic acids is 1. The zero-order chi connectivity index (χ0) is 12.3. The SMILES string of the molecule is CC1CCCC(C)N1C(=O)C(N)CC(=O)O. The Morgan fingerprint density at radius 2 is 1.88 bits per heavy atom. The minimum Gasteiger partial charge on any atom is -0.481 e. The van der Waals surface area contributed by atoms with E-state index in [1.807, 2.05) is 13.8 Å². The molecular formula is C11H20N2O3. The van der Waals surface area contributed by atoms with Gasteiger partial charge in [-0.05, 0) is 33.1 Å². The molecule has 1 aliphatic rings. The van der Waals surface area contributed by atoms with Crippen molar-refractivity contribution in [3.05, 3.63) is 0 Å². The average Bonchev–Trinajstić information content (AvgIpc) is 2.16. The van der Waals surface area contributed by atoms with E-state index in [4.69, 9.17) is 10.8 Å². The van der Waals surface area contributed by atoms with E-state index >= 15 is 0 Å². The van der Waals surface area contributed by atoms with Crippen LogP contribution >= 0.6 is 0 Å². The van der Waals surface area contributed by atoms with E-state index in [9.17, 15) is 9.59 Å². The van der Waals surface area contributed by atoms with Crippen LogP contribution in [-0.2, 0) is 9.59 Å². The summed E-state index contributed by atoms with van der Waals surface area (Å²) in [6.45, 7) is 3.97. The predicted octanol–water partition coefficient (Wildman–Crippen LogP) is 0.578. The zero-order valence-electron chi connectivity index (χ0n) is 9.85. The van der Waals surface area contributed by atoms with Gasteiger partial charge in [0.2, 0.25) is 5.91 Å². The Balaban J connectivity index is 2.66. The fourth-order valence-corrected chi connectivity index (χ4v) is 2.32. The molecule has 16 heavy (non-hydrogen) atoms. The molecule has 3 unspecified atom stereocenters. The van der Waals surface area contributed by atoms with Crippen LogP contribution in [0.15, 0.2) is 0 Å². The van der Waals surface area contributed by atoms with Gasteiger partial charge in [-0.3, -0.25) is 9.59 Å². The minimum absolute atomic E-state index is 0.163. The Morgan fingerprint density at radius 3 is 2.31 bits per heavy atom. The molecule has 92 valence electrons. The topological polar surface area (TPSA) is 83.6 Å². The highest BCUT2D eigenvalue weighted by Gasteiger charge is 2.32. The third kappa shape index (κ3) is 2.95. The van der Waals surface area contributed by atoms with Crippen LogP contribution < -0.4 is 5.73 Å². The summed E-state index contributed by atoms with van der Waals surface area (Å²) in [6, 6.07) is -0.590. The van der Waals surface area contributed by atoms with Gasteiger partial charge in [-0.2, -0.15) is 0 Å². The van der Waals surface area contributed by atoms with Gasteiger partial charge in [0.1, 0.15) is 0 Å². The largest absolute Gasteiger partial charge is 0.481 e. The van der Waals surface area contributed by atoms with Crippen LogP contribution in [0.4, 0.5) is 0 Å². The molecule has 1 rings (SSSR count). The second kappa shape index (κ2) is 5.30. The molecule has 1 amide bonds. The lowest BCUT2D eigenvalue weighted by Crippen LogP contribution is -2.53. The van der Waals surface area contributed by atoms with Crippen LogP contribution in [-0.4, -0.2) is 40.0 Å². The maximum atomic E-state index is 12.0. The first-order valence-electron chi connectivity index (χ1n) is 5.73. The molecule has 0 bridgehead atoms. The summed E-state index contributed by atoms with van der Waals surface area (Å²) in [5, 5.41) is 8.61. The number of piperidine rings is 1. The number of hydrogen-bond donors (Lipinski definition) is 2. The van der Waals surface area contributed by atoms with Gasteiger partial charge < -0.3 is 15.7 Å². The molecule has 0 aromatic heterocycles. The number of likely N-dealkylation sites (tertiary alicyclic amines) is 1. The number of carboxylic acid groups (broad SMARTS) is 1. The molecule has 1 fully saturated rings. The highest BCUT2D eigenvalue weighted by atomic mass is 16.4. The molecule has 3 N–H and O–H groups in total. The van der Waals surface area contributed by atoms with Crippen LogP contribution in [0.1, 0.15) is 39.5 Å². The molecule has 0 aromatic carbocycles. The Kier molecular flexibility index (Phi) is 4.29. The molecule has 0 aromatic rings. The van der Waals surface area contributed by atoms with Crippen molar-refractivity contribution in [1.82, 2.24) is 4.90 Å². The van der Waals surface area contributed by atoms with Crippen molar-refractivity contribution in [2.45, 2.75) is 57.7 Å². The molecule has 0 spiro atoms. The van der Waals surface area contributed by atoms with Crippen LogP contribution in [0, 0.1) is 0 Å². The van der Waals surface area contributed by atoms with Crippen LogP contribution in [0.25, 0.3) is 0 Å². The normalized spacial score (nSPS) is 27.6. The van der Waals surface area contributed by atoms with Gasteiger partial charge in [-0.1, -0.05) is 0 Å². The van der Waals surface area contributed by atoms with Crippen molar-refractivity contribution in [2.24, 2.45) is 5.73 Å². The zero-order valence-corrected chi connectivity index (χ0v) is 9.85. The molecule has 3 atom stereocenters. The second-order valence-electron chi connectivity index (χ2n) is 4.58. The standard InChI is InChI=1S/C11H20N2O3/c1-7-4-3-5-8(2)13(7)11(16)9(12)6-10(14)15/h7-9H,3-6,12H2,1-2H3,(H,14,15). The number of rotatable bonds is 3. The molecular weight excluding hydrogens is 208 g/mol. The van der Waals surface area contributed by atoms with Gasteiger partial charge in [0.05, 0.1) is 12.5 Å². The summed E-state index contributed by atoms with van der Waals surface area (Å²) in [7, 11) is 0. The molecule has 0 radical (unpaired) electrons. The Morgan fingerprint density at radius 1 is 1.38 bits per heavy atom. The number of carbonyl (C=O) groups is 2. The van der Waals surface area contributed by atoms with Gasteiger partial charge >= 0.3 is 5.97 Å². The number of hydrogen-bond acceptors (Lipinski definition) is 3. The van der Waals surface area contributed by atoms with E-state index in [1.165, 1.54) is 0 Å². The molecule has 0 aliphatic carbocycles. The summed E-state index contributed by atoms with van der Waals surface area (Å²) >= 11 is 0.